The van der Waals surface area contributed by atoms with Crippen LogP contribution in [0.1, 0.15) is 27.2 Å². The number of anilines is 1. The van der Waals surface area contributed by atoms with Crippen LogP contribution in [-0.4, -0.2) is 20.6 Å². The van der Waals surface area contributed by atoms with Gasteiger partial charge in [-0.1, -0.05) is 30.3 Å². The van der Waals surface area contributed by atoms with Gasteiger partial charge in [-0.25, -0.2) is 4.68 Å². The topological polar surface area (TPSA) is 90.1 Å². The van der Waals surface area contributed by atoms with Gasteiger partial charge in [-0.2, -0.15) is 5.10 Å². The van der Waals surface area contributed by atoms with E-state index < -0.39 is 4.92 Å². The number of benzene rings is 2. The molecule has 0 saturated carbocycles. The summed E-state index contributed by atoms with van der Waals surface area (Å²) in [4.78, 5) is 23.0. The van der Waals surface area contributed by atoms with Gasteiger partial charge in [0.2, 0.25) is 0 Å². The molecule has 1 N–H and O–H groups in total. The minimum Gasteiger partial charge on any atom is -0.307 e. The molecule has 1 amide bonds. The average Bonchev–Trinajstić information content (AvgIpc) is 2.94. The third-order valence-corrected chi connectivity index (χ3v) is 3.97. The Morgan fingerprint density at radius 1 is 1.15 bits per heavy atom. The Labute approximate surface area is 150 Å². The van der Waals surface area contributed by atoms with Crippen LogP contribution in [0.3, 0.4) is 0 Å². The van der Waals surface area contributed by atoms with Gasteiger partial charge in [0.1, 0.15) is 5.82 Å². The molecular formula is C19H18N4O3. The molecule has 0 saturated heterocycles. The predicted molar refractivity (Wildman–Crippen MR) is 98.3 cm³/mol. The summed E-state index contributed by atoms with van der Waals surface area (Å²) >= 11 is 0. The van der Waals surface area contributed by atoms with E-state index in [2.05, 4.69) is 10.4 Å². The molecule has 0 radical (unpaired) electrons. The van der Waals surface area contributed by atoms with E-state index in [0.717, 1.165) is 11.3 Å². The van der Waals surface area contributed by atoms with Gasteiger partial charge in [0.05, 0.1) is 17.2 Å². The average molecular weight is 350 g/mol. The molecule has 0 fully saturated rings. The smallest absolute Gasteiger partial charge is 0.272 e. The molecule has 0 unspecified atom stereocenters. The minimum absolute atomic E-state index is 0.00786. The number of aryl methyl sites for hydroxylation is 2. The van der Waals surface area contributed by atoms with Crippen LogP contribution >= 0.6 is 0 Å². The first kappa shape index (κ1) is 17.3. The van der Waals surface area contributed by atoms with Crippen molar-refractivity contribution in [1.82, 2.24) is 9.78 Å². The van der Waals surface area contributed by atoms with E-state index in [1.54, 1.807) is 17.7 Å². The number of carbonyl (C=O) groups is 1. The molecule has 0 aliphatic carbocycles. The van der Waals surface area contributed by atoms with Crippen molar-refractivity contribution >= 4 is 17.4 Å². The van der Waals surface area contributed by atoms with Crippen LogP contribution in [0.4, 0.5) is 11.5 Å². The number of aromatic nitrogens is 2. The van der Waals surface area contributed by atoms with E-state index in [0.29, 0.717) is 23.5 Å². The molecule has 26 heavy (non-hydrogen) atoms. The molecule has 1 heterocycles. The Bertz CT molecular complexity index is 964. The number of amides is 1. The van der Waals surface area contributed by atoms with Gasteiger partial charge in [-0.15, -0.1) is 0 Å². The predicted octanol–water partition coefficient (Wildman–Crippen LogP) is 3.71. The maximum absolute atomic E-state index is 12.5. The quantitative estimate of drug-likeness (QED) is 0.561. The number of nitro benzene ring substituents is 1. The van der Waals surface area contributed by atoms with Gasteiger partial charge in [0, 0.05) is 23.3 Å². The first-order valence-electron chi connectivity index (χ1n) is 8.09. The Balaban J connectivity index is 1.82. The van der Waals surface area contributed by atoms with Crippen molar-refractivity contribution < 1.29 is 9.72 Å². The number of nitrogens with zero attached hydrogens (tertiary/aromatic N) is 3. The first-order chi connectivity index (χ1) is 12.4. The molecule has 3 aromatic rings. The zero-order valence-electron chi connectivity index (χ0n) is 14.5. The molecule has 0 aliphatic rings. The van der Waals surface area contributed by atoms with Crippen LogP contribution in [0.15, 0.2) is 54.6 Å². The molecule has 0 spiro atoms. The van der Waals surface area contributed by atoms with E-state index in [9.17, 15) is 14.9 Å². The van der Waals surface area contributed by atoms with Crippen LogP contribution in [0.25, 0.3) is 0 Å². The largest absolute Gasteiger partial charge is 0.307 e. The van der Waals surface area contributed by atoms with Crippen LogP contribution in [-0.2, 0) is 6.54 Å². The fourth-order valence-electron chi connectivity index (χ4n) is 2.71. The van der Waals surface area contributed by atoms with Crippen molar-refractivity contribution in [2.75, 3.05) is 5.32 Å². The monoisotopic (exact) mass is 350 g/mol. The lowest BCUT2D eigenvalue weighted by atomic mass is 10.1. The third kappa shape index (κ3) is 3.77. The molecule has 3 rings (SSSR count). The second kappa shape index (κ2) is 7.18. The van der Waals surface area contributed by atoms with Crippen LogP contribution in [0.2, 0.25) is 0 Å². The summed E-state index contributed by atoms with van der Waals surface area (Å²) in [7, 11) is 0. The zero-order chi connectivity index (χ0) is 18.7. The molecule has 2 aromatic carbocycles. The lowest BCUT2D eigenvalue weighted by molar-refractivity contribution is -0.385. The van der Waals surface area contributed by atoms with Gasteiger partial charge in [0.25, 0.3) is 11.6 Å². The molecule has 7 nitrogen and oxygen atoms in total. The van der Waals surface area contributed by atoms with Crippen molar-refractivity contribution in [2.24, 2.45) is 0 Å². The maximum Gasteiger partial charge on any atom is 0.272 e. The Morgan fingerprint density at radius 2 is 1.88 bits per heavy atom. The molecule has 1 aromatic heterocycles. The second-order valence-electron chi connectivity index (χ2n) is 6.03. The van der Waals surface area contributed by atoms with Gasteiger partial charge in [-0.3, -0.25) is 14.9 Å². The number of nitrogens with one attached hydrogen (secondary N) is 1. The first-order valence-corrected chi connectivity index (χ1v) is 8.09. The van der Waals surface area contributed by atoms with Crippen molar-refractivity contribution in [3.63, 3.8) is 0 Å². The highest BCUT2D eigenvalue weighted by Crippen LogP contribution is 2.20. The fourth-order valence-corrected chi connectivity index (χ4v) is 2.71. The molecule has 0 atom stereocenters. The summed E-state index contributed by atoms with van der Waals surface area (Å²) in [5.41, 5.74) is 2.65. The van der Waals surface area contributed by atoms with Gasteiger partial charge in [-0.05, 0) is 31.5 Å². The van der Waals surface area contributed by atoms with Crippen LogP contribution in [0.5, 0.6) is 0 Å². The third-order valence-electron chi connectivity index (χ3n) is 3.97. The molecule has 0 aliphatic heterocycles. The van der Waals surface area contributed by atoms with E-state index >= 15 is 0 Å². The Morgan fingerprint density at radius 3 is 2.54 bits per heavy atom. The summed E-state index contributed by atoms with van der Waals surface area (Å²) < 4.78 is 1.72. The summed E-state index contributed by atoms with van der Waals surface area (Å²) in [6.45, 7) is 4.00. The number of rotatable bonds is 5. The molecule has 132 valence electrons. The van der Waals surface area contributed by atoms with Gasteiger partial charge >= 0.3 is 0 Å². The zero-order valence-corrected chi connectivity index (χ0v) is 14.5. The van der Waals surface area contributed by atoms with Crippen molar-refractivity contribution in [1.29, 1.82) is 0 Å². The summed E-state index contributed by atoms with van der Waals surface area (Å²) in [6.07, 6.45) is 0. The highest BCUT2D eigenvalue weighted by Gasteiger charge is 2.15. The summed E-state index contributed by atoms with van der Waals surface area (Å²) in [5, 5.41) is 18.2. The van der Waals surface area contributed by atoms with E-state index in [1.165, 1.54) is 18.2 Å². The minimum atomic E-state index is -0.463. The number of hydrogen-bond donors (Lipinski definition) is 1. The maximum atomic E-state index is 12.5. The number of nitro groups is 1. The van der Waals surface area contributed by atoms with Crippen molar-refractivity contribution in [3.05, 3.63) is 87.1 Å². The summed E-state index contributed by atoms with van der Waals surface area (Å²) in [5.74, 6) is 0.240. The summed E-state index contributed by atoms with van der Waals surface area (Å²) in [6, 6.07) is 15.9. The van der Waals surface area contributed by atoms with E-state index in [1.807, 2.05) is 37.3 Å². The number of carbonyl (C=O) groups excluding carboxylic acids is 1. The highest BCUT2D eigenvalue weighted by molar-refractivity contribution is 6.04. The lowest BCUT2D eigenvalue weighted by Crippen LogP contribution is -2.16. The Kier molecular flexibility index (Phi) is 4.79. The van der Waals surface area contributed by atoms with Gasteiger partial charge in [0.15, 0.2) is 0 Å². The lowest BCUT2D eigenvalue weighted by Gasteiger charge is -2.09. The van der Waals surface area contributed by atoms with Crippen LogP contribution < -0.4 is 5.32 Å². The second-order valence-corrected chi connectivity index (χ2v) is 6.03. The molecule has 7 heteroatoms. The van der Waals surface area contributed by atoms with Crippen LogP contribution in [0, 0.1) is 24.0 Å². The van der Waals surface area contributed by atoms with Gasteiger partial charge < -0.3 is 5.32 Å². The molecular weight excluding hydrogens is 332 g/mol. The molecule has 0 bridgehead atoms. The SMILES string of the molecule is Cc1cc(NC(=O)c2ccc([N+](=O)[O-])c(C)c2)n(Cc2ccccc2)n1. The highest BCUT2D eigenvalue weighted by atomic mass is 16.6. The van der Waals surface area contributed by atoms with Crippen molar-refractivity contribution in [3.8, 4) is 0 Å². The van der Waals surface area contributed by atoms with E-state index in [-0.39, 0.29) is 11.6 Å². The van der Waals surface area contributed by atoms with E-state index in [4.69, 9.17) is 0 Å². The normalized spacial score (nSPS) is 10.5. The standard InChI is InChI=1S/C19H18N4O3/c1-13-10-16(8-9-17(13)23(25)26)19(24)20-18-11-14(2)21-22(18)12-15-6-4-3-5-7-15/h3-11H,12H2,1-2H3,(H,20,24). The number of hydrogen-bond acceptors (Lipinski definition) is 4. The fraction of sp³-hybridized carbons (Fsp3) is 0.158. The Hall–Kier alpha value is -3.48. The van der Waals surface area contributed by atoms with Crippen molar-refractivity contribution in [2.45, 2.75) is 20.4 Å².